The molecular formula is C23H27F8N3O2. The molecule has 4 atom stereocenters. The second kappa shape index (κ2) is 9.96. The molecule has 1 aromatic rings. The van der Waals surface area contributed by atoms with Crippen LogP contribution >= 0.6 is 0 Å². The number of halogens is 8. The van der Waals surface area contributed by atoms with Gasteiger partial charge in [0, 0.05) is 55.9 Å². The van der Waals surface area contributed by atoms with Crippen LogP contribution in [0.5, 0.6) is 0 Å². The molecule has 0 amide bonds. The number of carboxylic acid groups (broad SMARTS) is 1. The Kier molecular flexibility index (Phi) is 7.44. The Bertz CT molecular complexity index is 934. The lowest BCUT2D eigenvalue weighted by molar-refractivity contribution is -0.293. The quantitative estimate of drug-likeness (QED) is 0.518. The van der Waals surface area contributed by atoms with Crippen LogP contribution in [0, 0.1) is 17.8 Å². The lowest BCUT2D eigenvalue weighted by Crippen LogP contribution is -2.53. The smallest absolute Gasteiger partial charge is 0.402 e. The Morgan fingerprint density at radius 2 is 1.61 bits per heavy atom. The van der Waals surface area contributed by atoms with Gasteiger partial charge in [-0.1, -0.05) is 6.07 Å². The van der Waals surface area contributed by atoms with Crippen LogP contribution in [-0.2, 0) is 11.3 Å². The first-order valence-corrected chi connectivity index (χ1v) is 11.8. The molecule has 3 heterocycles. The minimum Gasteiger partial charge on any atom is -0.480 e. The second-order valence-corrected chi connectivity index (χ2v) is 9.82. The van der Waals surface area contributed by atoms with Gasteiger partial charge in [0.05, 0.1) is 0 Å². The van der Waals surface area contributed by atoms with Crippen LogP contribution < -0.4 is 10.2 Å². The maximum Gasteiger partial charge on any atom is 0.402 e. The summed E-state index contributed by atoms with van der Waals surface area (Å²) in [6.45, 7) is 0.953. The molecule has 0 aromatic heterocycles. The third kappa shape index (κ3) is 5.41. The number of carbonyl (C=O) groups is 1. The van der Waals surface area contributed by atoms with Crippen molar-refractivity contribution in [3.05, 3.63) is 29.3 Å². The molecule has 3 aliphatic heterocycles. The van der Waals surface area contributed by atoms with Crippen molar-refractivity contribution >= 4 is 11.7 Å². The zero-order chi connectivity index (χ0) is 26.4. The number of rotatable bonds is 6. The number of nitrogens with zero attached hydrogens (tertiary/aromatic N) is 2. The highest BCUT2D eigenvalue weighted by Crippen LogP contribution is 2.49. The van der Waals surface area contributed by atoms with Crippen molar-refractivity contribution in [2.75, 3.05) is 31.1 Å². The maximum absolute atomic E-state index is 13.9. The summed E-state index contributed by atoms with van der Waals surface area (Å²) in [6.07, 6.45) is -11.1. The largest absolute Gasteiger partial charge is 0.480 e. The SMILES string of the molecule is O=C(O)C1NC(C(C(F)(F)F)C(F)(F)F)C2CN(Cc3ccc(N4CCCCC4)cc3C(F)F)CC12. The number of likely N-dealkylation sites (tertiary alicyclic amines) is 1. The molecule has 4 unspecified atom stereocenters. The van der Waals surface area contributed by atoms with E-state index in [1.807, 2.05) is 4.90 Å². The van der Waals surface area contributed by atoms with Gasteiger partial charge in [0.25, 0.3) is 6.43 Å². The Morgan fingerprint density at radius 1 is 1.00 bits per heavy atom. The molecule has 0 radical (unpaired) electrons. The van der Waals surface area contributed by atoms with Crippen LogP contribution in [0.2, 0.25) is 0 Å². The number of benzene rings is 1. The summed E-state index contributed by atoms with van der Waals surface area (Å²) in [6, 6.07) is 0.802. The fourth-order valence-electron chi connectivity index (χ4n) is 5.97. The van der Waals surface area contributed by atoms with E-state index in [2.05, 4.69) is 5.32 Å². The first-order valence-electron chi connectivity index (χ1n) is 11.8. The number of carboxylic acids is 1. The molecular weight excluding hydrogens is 502 g/mol. The third-order valence-electron chi connectivity index (χ3n) is 7.56. The monoisotopic (exact) mass is 529 g/mol. The fraction of sp³-hybridized carbons (Fsp3) is 0.696. The molecule has 0 aliphatic carbocycles. The van der Waals surface area contributed by atoms with E-state index in [1.54, 1.807) is 6.07 Å². The zero-order valence-corrected chi connectivity index (χ0v) is 19.1. The number of piperidine rings is 1. The Labute approximate surface area is 202 Å². The van der Waals surface area contributed by atoms with Crippen LogP contribution in [0.25, 0.3) is 0 Å². The minimum atomic E-state index is -5.63. The number of nitrogens with one attached hydrogen (secondary N) is 1. The first-order chi connectivity index (χ1) is 16.8. The highest BCUT2D eigenvalue weighted by molar-refractivity contribution is 5.74. The van der Waals surface area contributed by atoms with Crippen LogP contribution in [0.3, 0.4) is 0 Å². The number of hydrogen-bond acceptors (Lipinski definition) is 4. The molecule has 36 heavy (non-hydrogen) atoms. The zero-order valence-electron chi connectivity index (χ0n) is 19.1. The van der Waals surface area contributed by atoms with Gasteiger partial charge in [-0.2, -0.15) is 26.3 Å². The predicted octanol–water partition coefficient (Wildman–Crippen LogP) is 4.83. The second-order valence-electron chi connectivity index (χ2n) is 9.82. The Balaban J connectivity index is 1.57. The van der Waals surface area contributed by atoms with Crippen LogP contribution in [0.4, 0.5) is 40.8 Å². The summed E-state index contributed by atoms with van der Waals surface area (Å²) in [5.74, 6) is -7.57. The highest BCUT2D eigenvalue weighted by Gasteiger charge is 2.66. The summed E-state index contributed by atoms with van der Waals surface area (Å²) in [5, 5.41) is 11.5. The molecule has 3 saturated heterocycles. The van der Waals surface area contributed by atoms with Crippen molar-refractivity contribution in [1.29, 1.82) is 0 Å². The number of anilines is 1. The topological polar surface area (TPSA) is 55.8 Å². The molecule has 2 N–H and O–H groups in total. The molecule has 3 aliphatic rings. The standard InChI is InChI=1S/C23H27F8N3O2/c24-20(25)14-8-13(34-6-2-1-3-7-34)5-4-12(14)9-33-10-15-16(11-33)18(21(35)36)32-17(15)19(22(26,27)28)23(29,30)31/h4-5,8,15-20,32H,1-3,6-7,9-11H2,(H,35,36). The van der Waals surface area contributed by atoms with E-state index in [-0.39, 0.29) is 30.8 Å². The average Bonchev–Trinajstić information content (AvgIpc) is 3.32. The van der Waals surface area contributed by atoms with Gasteiger partial charge < -0.3 is 15.3 Å². The van der Waals surface area contributed by atoms with E-state index in [0.717, 1.165) is 32.4 Å². The predicted molar refractivity (Wildman–Crippen MR) is 114 cm³/mol. The van der Waals surface area contributed by atoms with Crippen molar-refractivity contribution in [3.63, 3.8) is 0 Å². The van der Waals surface area contributed by atoms with Gasteiger partial charge in [-0.3, -0.25) is 9.69 Å². The average molecular weight is 529 g/mol. The molecule has 0 bridgehead atoms. The maximum atomic E-state index is 13.9. The van der Waals surface area contributed by atoms with Gasteiger partial charge in [0.15, 0.2) is 5.92 Å². The summed E-state index contributed by atoms with van der Waals surface area (Å²) in [7, 11) is 0. The number of fused-ring (bicyclic) bond motifs is 1. The summed E-state index contributed by atoms with van der Waals surface area (Å²) < 4.78 is 108. The van der Waals surface area contributed by atoms with Crippen molar-refractivity contribution in [1.82, 2.24) is 10.2 Å². The fourth-order valence-corrected chi connectivity index (χ4v) is 5.97. The van der Waals surface area contributed by atoms with E-state index in [4.69, 9.17) is 0 Å². The molecule has 0 spiro atoms. The number of alkyl halides is 8. The summed E-state index contributed by atoms with van der Waals surface area (Å²) >= 11 is 0. The molecule has 13 heteroatoms. The molecule has 202 valence electrons. The molecule has 1 aromatic carbocycles. The Hall–Kier alpha value is -2.15. The van der Waals surface area contributed by atoms with E-state index in [0.29, 0.717) is 5.69 Å². The van der Waals surface area contributed by atoms with E-state index >= 15 is 0 Å². The van der Waals surface area contributed by atoms with Crippen LogP contribution in [0.15, 0.2) is 18.2 Å². The van der Waals surface area contributed by atoms with E-state index in [9.17, 15) is 45.0 Å². The summed E-state index contributed by atoms with van der Waals surface area (Å²) in [5.41, 5.74) is 0.605. The van der Waals surface area contributed by atoms with E-state index in [1.165, 1.54) is 17.0 Å². The molecule has 3 fully saturated rings. The normalized spacial score (nSPS) is 27.8. The van der Waals surface area contributed by atoms with Gasteiger partial charge in [-0.05, 0) is 42.9 Å². The van der Waals surface area contributed by atoms with Crippen LogP contribution in [0.1, 0.15) is 36.8 Å². The van der Waals surface area contributed by atoms with Gasteiger partial charge in [0.2, 0.25) is 0 Å². The van der Waals surface area contributed by atoms with Crippen molar-refractivity contribution in [3.8, 4) is 0 Å². The van der Waals surface area contributed by atoms with Gasteiger partial charge in [-0.15, -0.1) is 0 Å². The molecule has 5 nitrogen and oxygen atoms in total. The lowest BCUT2D eigenvalue weighted by Gasteiger charge is -2.32. The Morgan fingerprint density at radius 3 is 2.17 bits per heavy atom. The number of hydrogen-bond donors (Lipinski definition) is 2. The number of aliphatic carboxylic acids is 1. The van der Waals surface area contributed by atoms with E-state index < -0.39 is 54.6 Å². The lowest BCUT2D eigenvalue weighted by atomic mass is 9.84. The third-order valence-corrected chi connectivity index (χ3v) is 7.56. The van der Waals surface area contributed by atoms with Crippen molar-refractivity contribution in [2.24, 2.45) is 17.8 Å². The highest BCUT2D eigenvalue weighted by atomic mass is 19.4. The van der Waals surface area contributed by atoms with Crippen LogP contribution in [-0.4, -0.2) is 66.6 Å². The summed E-state index contributed by atoms with van der Waals surface area (Å²) in [4.78, 5) is 15.1. The first kappa shape index (κ1) is 26.9. The van der Waals surface area contributed by atoms with Crippen molar-refractivity contribution < 1.29 is 45.0 Å². The molecule has 4 rings (SSSR count). The molecule has 0 saturated carbocycles. The minimum absolute atomic E-state index is 0.121. The van der Waals surface area contributed by atoms with Gasteiger partial charge in [-0.25, -0.2) is 8.78 Å². The van der Waals surface area contributed by atoms with Crippen molar-refractivity contribution in [2.45, 2.75) is 56.7 Å². The van der Waals surface area contributed by atoms with Gasteiger partial charge >= 0.3 is 18.3 Å². The van der Waals surface area contributed by atoms with Gasteiger partial charge in [0.1, 0.15) is 6.04 Å².